The van der Waals surface area contributed by atoms with E-state index in [9.17, 15) is 28.3 Å². The number of aromatic hydroxyl groups is 1. The van der Waals surface area contributed by atoms with Crippen molar-refractivity contribution in [3.63, 3.8) is 0 Å². The van der Waals surface area contributed by atoms with Crippen LogP contribution in [0.2, 0.25) is 0 Å². The van der Waals surface area contributed by atoms with E-state index in [4.69, 9.17) is 0 Å². The Morgan fingerprint density at radius 1 is 1.17 bits per heavy atom. The Kier molecular flexibility index (Phi) is 4.69. The fourth-order valence-electron chi connectivity index (χ4n) is 3.54. The number of carbonyl (C=O) groups is 2. The third-order valence-corrected chi connectivity index (χ3v) is 5.09. The minimum atomic E-state index is -0.984. The van der Waals surface area contributed by atoms with Gasteiger partial charge in [0.2, 0.25) is 5.43 Å². The molecular weight excluding hydrogens is 386 g/mol. The van der Waals surface area contributed by atoms with E-state index in [0.29, 0.717) is 19.2 Å². The molecule has 8 nitrogen and oxygen atoms in total. The van der Waals surface area contributed by atoms with Gasteiger partial charge in [-0.1, -0.05) is 6.07 Å². The monoisotopic (exact) mass is 404 g/mol. The lowest BCUT2D eigenvalue weighted by Gasteiger charge is -2.37. The average molecular weight is 404 g/mol. The summed E-state index contributed by atoms with van der Waals surface area (Å²) in [5.74, 6) is -3.68. The molecule has 10 heteroatoms. The van der Waals surface area contributed by atoms with E-state index < -0.39 is 34.6 Å². The highest BCUT2D eigenvalue weighted by atomic mass is 19.1. The summed E-state index contributed by atoms with van der Waals surface area (Å²) in [6.07, 6.45) is 2.81. The molecular formula is C19H18F2N4O4. The van der Waals surface area contributed by atoms with E-state index in [2.05, 4.69) is 5.32 Å². The van der Waals surface area contributed by atoms with Gasteiger partial charge in [-0.25, -0.2) is 8.78 Å². The zero-order valence-electron chi connectivity index (χ0n) is 15.3. The molecule has 0 aliphatic carbocycles. The first kappa shape index (κ1) is 18.9. The maximum Gasteiger partial charge on any atom is 0.277 e. The molecule has 2 amide bonds. The number of rotatable bonds is 3. The maximum atomic E-state index is 13.7. The zero-order chi connectivity index (χ0) is 20.7. The van der Waals surface area contributed by atoms with Crippen LogP contribution < -0.4 is 15.8 Å². The van der Waals surface area contributed by atoms with Crippen molar-refractivity contribution in [1.29, 1.82) is 0 Å². The van der Waals surface area contributed by atoms with Crippen molar-refractivity contribution < 1.29 is 23.5 Å². The molecule has 0 radical (unpaired) electrons. The van der Waals surface area contributed by atoms with Gasteiger partial charge in [-0.15, -0.1) is 0 Å². The molecule has 0 saturated carbocycles. The minimum Gasteiger partial charge on any atom is -0.502 e. The number of halogens is 2. The number of hydrogen-bond acceptors (Lipinski definition) is 5. The van der Waals surface area contributed by atoms with Crippen LogP contribution in [0.5, 0.6) is 5.75 Å². The van der Waals surface area contributed by atoms with Crippen LogP contribution in [0.3, 0.4) is 0 Å². The smallest absolute Gasteiger partial charge is 0.277 e. The number of hydrogen-bond donors (Lipinski definition) is 2. The predicted octanol–water partition coefficient (Wildman–Crippen LogP) is 0.907. The van der Waals surface area contributed by atoms with Crippen molar-refractivity contribution in [2.75, 3.05) is 24.8 Å². The van der Waals surface area contributed by atoms with Crippen LogP contribution in [-0.4, -0.2) is 46.3 Å². The summed E-state index contributed by atoms with van der Waals surface area (Å²) in [4.78, 5) is 39.2. The number of benzene rings is 1. The summed E-state index contributed by atoms with van der Waals surface area (Å²) >= 11 is 0. The second-order valence-corrected chi connectivity index (χ2v) is 6.98. The molecule has 0 unspecified atom stereocenters. The highest BCUT2D eigenvalue weighted by Crippen LogP contribution is 2.23. The van der Waals surface area contributed by atoms with Gasteiger partial charge in [0.1, 0.15) is 23.9 Å². The van der Waals surface area contributed by atoms with Gasteiger partial charge in [-0.2, -0.15) is 0 Å². The first-order valence-corrected chi connectivity index (χ1v) is 9.12. The normalized spacial score (nSPS) is 15.7. The molecule has 1 aromatic carbocycles. The molecule has 29 heavy (non-hydrogen) atoms. The minimum absolute atomic E-state index is 0.0420. The number of aromatic nitrogens is 1. The molecule has 1 aromatic heterocycles. The second-order valence-electron chi connectivity index (χ2n) is 6.98. The third-order valence-electron chi connectivity index (χ3n) is 5.09. The van der Waals surface area contributed by atoms with E-state index in [1.807, 2.05) is 0 Å². The fraction of sp³-hybridized carbons (Fsp3) is 0.316. The van der Waals surface area contributed by atoms with Gasteiger partial charge in [-0.05, 0) is 18.9 Å². The molecule has 2 aliphatic rings. The molecule has 1 saturated heterocycles. The lowest BCUT2D eigenvalue weighted by Crippen LogP contribution is -2.53. The van der Waals surface area contributed by atoms with E-state index in [-0.39, 0.29) is 30.0 Å². The van der Waals surface area contributed by atoms with Gasteiger partial charge in [0.05, 0.1) is 0 Å². The van der Waals surface area contributed by atoms with E-state index in [1.54, 1.807) is 9.91 Å². The van der Waals surface area contributed by atoms with Crippen molar-refractivity contribution in [2.45, 2.75) is 19.4 Å². The fourth-order valence-corrected chi connectivity index (χ4v) is 3.54. The van der Waals surface area contributed by atoms with Crippen molar-refractivity contribution in [2.24, 2.45) is 0 Å². The predicted molar refractivity (Wildman–Crippen MR) is 98.1 cm³/mol. The van der Waals surface area contributed by atoms with Gasteiger partial charge in [0.15, 0.2) is 11.4 Å². The molecule has 2 N–H and O–H groups in total. The topological polar surface area (TPSA) is 94.9 Å². The van der Waals surface area contributed by atoms with Crippen molar-refractivity contribution in [3.05, 3.63) is 63.1 Å². The van der Waals surface area contributed by atoms with Crippen molar-refractivity contribution >= 4 is 11.8 Å². The van der Waals surface area contributed by atoms with Crippen molar-refractivity contribution in [3.8, 4) is 5.75 Å². The molecule has 0 spiro atoms. The quantitative estimate of drug-likeness (QED) is 0.793. The molecule has 2 bridgehead atoms. The lowest BCUT2D eigenvalue weighted by molar-refractivity contribution is 0.0701. The molecule has 1 fully saturated rings. The third kappa shape index (κ3) is 3.30. The van der Waals surface area contributed by atoms with Gasteiger partial charge >= 0.3 is 0 Å². The lowest BCUT2D eigenvalue weighted by atomic mass is 10.1. The Labute approximate surface area is 163 Å². The summed E-state index contributed by atoms with van der Waals surface area (Å²) in [6, 6.07) is 2.94. The first-order valence-electron chi connectivity index (χ1n) is 9.12. The Bertz CT molecular complexity index is 1070. The van der Waals surface area contributed by atoms with Crippen LogP contribution in [0.25, 0.3) is 0 Å². The first-order chi connectivity index (χ1) is 13.9. The summed E-state index contributed by atoms with van der Waals surface area (Å²) in [7, 11) is 0. The summed E-state index contributed by atoms with van der Waals surface area (Å²) in [5.41, 5.74) is -1.49. The van der Waals surface area contributed by atoms with Crippen LogP contribution in [0.15, 0.2) is 29.2 Å². The molecule has 0 atom stereocenters. The number of nitrogens with one attached hydrogen (secondary N) is 1. The highest BCUT2D eigenvalue weighted by Gasteiger charge is 2.35. The molecule has 152 valence electrons. The van der Waals surface area contributed by atoms with E-state index in [1.165, 1.54) is 16.9 Å². The Morgan fingerprint density at radius 3 is 2.69 bits per heavy atom. The molecule has 2 aromatic rings. The second kappa shape index (κ2) is 7.19. The maximum absolute atomic E-state index is 13.7. The Balaban J connectivity index is 1.66. The SMILES string of the molecule is O=C(NCc1ccc(F)cc1F)c1cn2c(c(O)c1=O)C(=O)N1CCCCN2C1. The average Bonchev–Trinajstić information content (AvgIpc) is 2.91. The van der Waals surface area contributed by atoms with Crippen LogP contribution in [0, 0.1) is 11.6 Å². The number of amides is 2. The van der Waals surface area contributed by atoms with Gasteiger partial charge < -0.3 is 15.3 Å². The standard InChI is InChI=1S/C19H18F2N4O4/c20-12-4-3-11(14(21)7-12)8-22-18(28)13-9-25-15(17(27)16(13)26)19(29)23-5-1-2-6-24(25)10-23/h3-4,7,9,27H,1-2,5-6,8,10H2,(H,22,28). The van der Waals surface area contributed by atoms with Crippen molar-refractivity contribution in [1.82, 2.24) is 14.9 Å². The van der Waals surface area contributed by atoms with Crippen LogP contribution in [0.1, 0.15) is 39.3 Å². The molecule has 4 rings (SSSR count). The van der Waals surface area contributed by atoms with Crippen LogP contribution >= 0.6 is 0 Å². The Hall–Kier alpha value is -3.43. The number of fused-ring (bicyclic) bond motifs is 4. The number of carbonyl (C=O) groups excluding carboxylic acids is 2. The van der Waals surface area contributed by atoms with E-state index >= 15 is 0 Å². The zero-order valence-corrected chi connectivity index (χ0v) is 15.3. The summed E-state index contributed by atoms with van der Waals surface area (Å²) in [5, 5.41) is 14.5. The van der Waals surface area contributed by atoms with Crippen LogP contribution in [-0.2, 0) is 6.54 Å². The van der Waals surface area contributed by atoms with Gasteiger partial charge in [0, 0.05) is 37.5 Å². The van der Waals surface area contributed by atoms with Gasteiger partial charge in [-0.3, -0.25) is 24.1 Å². The highest BCUT2D eigenvalue weighted by molar-refractivity contribution is 5.99. The Morgan fingerprint density at radius 2 is 1.93 bits per heavy atom. The number of nitrogens with zero attached hydrogens (tertiary/aromatic N) is 3. The molecule has 2 aliphatic heterocycles. The van der Waals surface area contributed by atoms with E-state index in [0.717, 1.165) is 18.9 Å². The summed E-state index contributed by atoms with van der Waals surface area (Å²) in [6.45, 7) is 1.12. The molecule has 3 heterocycles. The largest absolute Gasteiger partial charge is 0.502 e. The number of pyridine rings is 1. The summed E-state index contributed by atoms with van der Waals surface area (Å²) < 4.78 is 28.1. The van der Waals surface area contributed by atoms with Crippen LogP contribution in [0.4, 0.5) is 8.78 Å². The van der Waals surface area contributed by atoms with Gasteiger partial charge in [0.25, 0.3) is 11.8 Å².